The fraction of sp³-hybridized carbons (Fsp3) is 0.125. The van der Waals surface area contributed by atoms with Crippen molar-refractivity contribution in [2.45, 2.75) is 0 Å². The second kappa shape index (κ2) is 3.13. The van der Waals surface area contributed by atoms with E-state index in [1.54, 1.807) is 12.1 Å². The van der Waals surface area contributed by atoms with E-state index in [2.05, 4.69) is 0 Å². The lowest BCUT2D eigenvalue weighted by Crippen LogP contribution is -1.98. The van der Waals surface area contributed by atoms with Gasteiger partial charge < -0.3 is 21.6 Å². The normalized spacial score (nSPS) is 9.42. The first-order valence-electron chi connectivity index (χ1n) is 3.42. The molecule has 0 spiro atoms. The maximum atomic E-state index is 7.01. The van der Waals surface area contributed by atoms with E-state index in [0.717, 1.165) is 6.21 Å². The third-order valence-corrected chi connectivity index (χ3v) is 1.59. The van der Waals surface area contributed by atoms with Crippen LogP contribution in [0.1, 0.15) is 5.56 Å². The minimum atomic E-state index is 0.491. The standard InChI is InChI=1S/C8H11N3O/c1-12-8-3-6(10)5(4-9)2-7(8)11/h2-4,9H,10-11H2,1H3. The molecule has 0 aliphatic rings. The van der Waals surface area contributed by atoms with E-state index >= 15 is 0 Å². The highest BCUT2D eigenvalue weighted by atomic mass is 16.5. The van der Waals surface area contributed by atoms with E-state index < -0.39 is 0 Å². The maximum Gasteiger partial charge on any atom is 0.143 e. The highest BCUT2D eigenvalue weighted by molar-refractivity contribution is 5.87. The van der Waals surface area contributed by atoms with Gasteiger partial charge in [-0.05, 0) is 6.07 Å². The quantitative estimate of drug-likeness (QED) is 0.448. The van der Waals surface area contributed by atoms with Crippen molar-refractivity contribution in [1.82, 2.24) is 0 Å². The number of methoxy groups -OCH3 is 1. The molecule has 0 saturated heterocycles. The molecule has 0 unspecified atom stereocenters. The SMILES string of the molecule is COc1cc(N)c(C=N)cc1N. The van der Waals surface area contributed by atoms with Gasteiger partial charge in [-0.15, -0.1) is 0 Å². The number of nitrogens with two attached hydrogens (primary N) is 2. The second-order valence-corrected chi connectivity index (χ2v) is 2.37. The van der Waals surface area contributed by atoms with Gasteiger partial charge in [-0.2, -0.15) is 0 Å². The minimum absolute atomic E-state index is 0.491. The molecule has 0 aromatic heterocycles. The van der Waals surface area contributed by atoms with Gasteiger partial charge in [0, 0.05) is 23.5 Å². The van der Waals surface area contributed by atoms with Gasteiger partial charge in [-0.1, -0.05) is 0 Å². The Morgan fingerprint density at radius 2 is 2.00 bits per heavy atom. The number of ether oxygens (including phenoxy) is 1. The van der Waals surface area contributed by atoms with Crippen LogP contribution in [-0.2, 0) is 0 Å². The number of nitrogens with one attached hydrogen (secondary N) is 1. The van der Waals surface area contributed by atoms with Crippen molar-refractivity contribution < 1.29 is 4.74 Å². The Labute approximate surface area is 70.6 Å². The molecule has 1 aromatic carbocycles. The summed E-state index contributed by atoms with van der Waals surface area (Å²) < 4.78 is 4.95. The molecular formula is C8H11N3O. The van der Waals surface area contributed by atoms with Gasteiger partial charge in [0.05, 0.1) is 12.8 Å². The summed E-state index contributed by atoms with van der Waals surface area (Å²) in [4.78, 5) is 0. The monoisotopic (exact) mass is 165 g/mol. The minimum Gasteiger partial charge on any atom is -0.495 e. The average Bonchev–Trinajstić information content (AvgIpc) is 2.08. The number of hydrogen-bond acceptors (Lipinski definition) is 4. The third-order valence-electron chi connectivity index (χ3n) is 1.59. The first kappa shape index (κ1) is 8.39. The average molecular weight is 165 g/mol. The number of nitrogen functional groups attached to an aromatic ring is 2. The van der Waals surface area contributed by atoms with Gasteiger partial charge in [0.25, 0.3) is 0 Å². The molecule has 0 fully saturated rings. The molecule has 0 aliphatic carbocycles. The van der Waals surface area contributed by atoms with Crippen molar-refractivity contribution in [2.24, 2.45) is 0 Å². The van der Waals surface area contributed by atoms with E-state index in [-0.39, 0.29) is 0 Å². The van der Waals surface area contributed by atoms with Crippen LogP contribution in [-0.4, -0.2) is 13.3 Å². The smallest absolute Gasteiger partial charge is 0.143 e. The molecule has 0 atom stereocenters. The van der Waals surface area contributed by atoms with E-state index in [4.69, 9.17) is 21.6 Å². The Hall–Kier alpha value is -1.71. The van der Waals surface area contributed by atoms with Crippen molar-refractivity contribution in [2.75, 3.05) is 18.6 Å². The van der Waals surface area contributed by atoms with Gasteiger partial charge in [0.2, 0.25) is 0 Å². The summed E-state index contributed by atoms with van der Waals surface area (Å²) in [6.07, 6.45) is 1.16. The van der Waals surface area contributed by atoms with Crippen LogP contribution in [0.15, 0.2) is 12.1 Å². The van der Waals surface area contributed by atoms with E-state index in [9.17, 15) is 0 Å². The zero-order valence-electron chi connectivity index (χ0n) is 6.79. The number of hydrogen-bond donors (Lipinski definition) is 3. The molecule has 0 radical (unpaired) electrons. The lowest BCUT2D eigenvalue weighted by molar-refractivity contribution is 0.417. The van der Waals surface area contributed by atoms with Crippen LogP contribution in [0.4, 0.5) is 11.4 Å². The van der Waals surface area contributed by atoms with Crippen molar-refractivity contribution in [3.05, 3.63) is 17.7 Å². The predicted octanol–water partition coefficient (Wildman–Crippen LogP) is 0.857. The van der Waals surface area contributed by atoms with Crippen molar-refractivity contribution >= 4 is 17.6 Å². The molecule has 0 bridgehead atoms. The molecule has 4 nitrogen and oxygen atoms in total. The van der Waals surface area contributed by atoms with Crippen LogP contribution in [0.5, 0.6) is 5.75 Å². The summed E-state index contributed by atoms with van der Waals surface area (Å²) in [5, 5.41) is 7.01. The Balaban J connectivity index is 3.25. The van der Waals surface area contributed by atoms with Crippen LogP contribution < -0.4 is 16.2 Å². The molecule has 1 rings (SSSR count). The zero-order chi connectivity index (χ0) is 9.14. The Bertz CT molecular complexity index is 309. The van der Waals surface area contributed by atoms with E-state index in [1.807, 2.05) is 0 Å². The number of benzene rings is 1. The van der Waals surface area contributed by atoms with Gasteiger partial charge in [-0.3, -0.25) is 0 Å². The molecule has 1 aromatic rings. The van der Waals surface area contributed by atoms with Gasteiger partial charge in [0.15, 0.2) is 0 Å². The number of anilines is 2. The summed E-state index contributed by atoms with van der Waals surface area (Å²) in [6, 6.07) is 3.22. The molecule has 0 saturated carbocycles. The molecular weight excluding hydrogens is 154 g/mol. The Kier molecular flexibility index (Phi) is 2.19. The van der Waals surface area contributed by atoms with Crippen molar-refractivity contribution in [3.8, 4) is 5.75 Å². The van der Waals surface area contributed by atoms with Gasteiger partial charge >= 0.3 is 0 Å². The van der Waals surface area contributed by atoms with Crippen molar-refractivity contribution in [1.29, 1.82) is 5.41 Å². The maximum absolute atomic E-state index is 7.01. The summed E-state index contributed by atoms with van der Waals surface area (Å²) in [5.41, 5.74) is 12.8. The third kappa shape index (κ3) is 1.32. The summed E-state index contributed by atoms with van der Waals surface area (Å²) in [7, 11) is 1.52. The summed E-state index contributed by atoms with van der Waals surface area (Å²) in [5.74, 6) is 0.540. The lowest BCUT2D eigenvalue weighted by atomic mass is 10.1. The Morgan fingerprint density at radius 3 is 2.50 bits per heavy atom. The van der Waals surface area contributed by atoms with Crippen LogP contribution in [0, 0.1) is 5.41 Å². The fourth-order valence-corrected chi connectivity index (χ4v) is 0.932. The topological polar surface area (TPSA) is 85.1 Å². The molecule has 4 heteroatoms. The molecule has 12 heavy (non-hydrogen) atoms. The van der Waals surface area contributed by atoms with Crippen molar-refractivity contribution in [3.63, 3.8) is 0 Å². The van der Waals surface area contributed by atoms with E-state index in [0.29, 0.717) is 22.7 Å². The fourth-order valence-electron chi connectivity index (χ4n) is 0.932. The highest BCUT2D eigenvalue weighted by Gasteiger charge is 2.03. The molecule has 0 amide bonds. The van der Waals surface area contributed by atoms with E-state index in [1.165, 1.54) is 7.11 Å². The Morgan fingerprint density at radius 1 is 1.33 bits per heavy atom. The predicted molar refractivity (Wildman–Crippen MR) is 49.7 cm³/mol. The molecule has 5 N–H and O–H groups in total. The van der Waals surface area contributed by atoms with Crippen LogP contribution in [0.25, 0.3) is 0 Å². The largest absolute Gasteiger partial charge is 0.495 e. The van der Waals surface area contributed by atoms with Gasteiger partial charge in [-0.25, -0.2) is 0 Å². The van der Waals surface area contributed by atoms with Crippen LogP contribution >= 0.6 is 0 Å². The highest BCUT2D eigenvalue weighted by Crippen LogP contribution is 2.26. The summed E-state index contributed by atoms with van der Waals surface area (Å²) in [6.45, 7) is 0. The van der Waals surface area contributed by atoms with Crippen LogP contribution in [0.3, 0.4) is 0 Å². The second-order valence-electron chi connectivity index (χ2n) is 2.37. The first-order chi connectivity index (χ1) is 5.69. The summed E-state index contributed by atoms with van der Waals surface area (Å²) >= 11 is 0. The molecule has 0 aliphatic heterocycles. The lowest BCUT2D eigenvalue weighted by Gasteiger charge is -2.07. The zero-order valence-corrected chi connectivity index (χ0v) is 6.79. The molecule has 64 valence electrons. The van der Waals surface area contributed by atoms with Gasteiger partial charge in [0.1, 0.15) is 5.75 Å². The number of rotatable bonds is 2. The molecule has 0 heterocycles. The van der Waals surface area contributed by atoms with Crippen LogP contribution in [0.2, 0.25) is 0 Å². The first-order valence-corrected chi connectivity index (χ1v) is 3.42.